The van der Waals surface area contributed by atoms with Crippen molar-refractivity contribution in [3.05, 3.63) is 94.3 Å². The number of nitrogens with one attached hydrogen (secondary N) is 1. The summed E-state index contributed by atoms with van der Waals surface area (Å²) >= 11 is 6.34. The van der Waals surface area contributed by atoms with Crippen molar-refractivity contribution in [3.8, 4) is 0 Å². The van der Waals surface area contributed by atoms with Crippen molar-refractivity contribution in [1.29, 1.82) is 0 Å². The van der Waals surface area contributed by atoms with Gasteiger partial charge in [-0.1, -0.05) is 54.4 Å². The fraction of sp³-hybridized carbons (Fsp3) is 0.310. The van der Waals surface area contributed by atoms with Crippen LogP contribution in [0, 0.1) is 19.7 Å². The molecule has 0 spiro atoms. The highest BCUT2D eigenvalue weighted by atomic mass is 35.5. The third kappa shape index (κ3) is 7.16. The molecule has 3 rings (SSSR count). The maximum absolute atomic E-state index is 14.0. The molecule has 1 N–H and O–H groups in total. The number of carbonyl (C=O) groups is 2. The van der Waals surface area contributed by atoms with E-state index in [1.165, 1.54) is 41.3 Å². The zero-order chi connectivity index (χ0) is 28.7. The number of benzene rings is 3. The number of nitrogens with zero attached hydrogens (tertiary/aromatic N) is 2. The van der Waals surface area contributed by atoms with Crippen LogP contribution in [0.1, 0.15) is 37.0 Å². The summed E-state index contributed by atoms with van der Waals surface area (Å²) in [4.78, 5) is 28.3. The van der Waals surface area contributed by atoms with Crippen molar-refractivity contribution < 1.29 is 22.4 Å². The molecule has 7 nitrogen and oxygen atoms in total. The van der Waals surface area contributed by atoms with Crippen LogP contribution < -0.4 is 9.62 Å². The Bertz CT molecular complexity index is 1410. The molecule has 208 valence electrons. The van der Waals surface area contributed by atoms with Gasteiger partial charge in [0.15, 0.2) is 0 Å². The number of halogens is 2. The predicted octanol–water partition coefficient (Wildman–Crippen LogP) is 5.23. The minimum atomic E-state index is -4.20. The number of aryl methyl sites for hydroxylation is 1. The normalized spacial score (nSPS) is 12.1. The zero-order valence-corrected chi connectivity index (χ0v) is 24.0. The summed E-state index contributed by atoms with van der Waals surface area (Å²) in [5, 5.41) is 3.10. The van der Waals surface area contributed by atoms with Crippen LogP contribution in [0.15, 0.2) is 71.6 Å². The van der Waals surface area contributed by atoms with Crippen LogP contribution in [-0.4, -0.2) is 44.3 Å². The number of likely N-dealkylation sites (N-methyl/N-ethyl adjacent to an activating group) is 1. The average molecular weight is 574 g/mol. The zero-order valence-electron chi connectivity index (χ0n) is 22.4. The molecule has 3 aromatic carbocycles. The molecular formula is C29H33ClFN3O4S. The lowest BCUT2D eigenvalue weighted by atomic mass is 10.1. The quantitative estimate of drug-likeness (QED) is 0.340. The molecule has 39 heavy (non-hydrogen) atoms. The second kappa shape index (κ2) is 13.1. The standard InChI is InChI=1S/C29H33ClFN3O4S/c1-5-26(29(36)32-6-2)33(18-22-12-14-23(31)15-13-22)28(35)19-34(27-9-7-8-25(30)21(27)4)39(37,38)24-16-10-20(3)11-17-24/h7-17,26H,5-6,18-19H2,1-4H3,(H,32,36). The predicted molar refractivity (Wildman–Crippen MR) is 152 cm³/mol. The molecule has 0 fully saturated rings. The van der Waals surface area contributed by atoms with Gasteiger partial charge in [-0.25, -0.2) is 12.8 Å². The number of amides is 2. The molecule has 0 saturated heterocycles. The number of anilines is 1. The van der Waals surface area contributed by atoms with E-state index >= 15 is 0 Å². The van der Waals surface area contributed by atoms with Gasteiger partial charge in [-0.05, 0) is 74.7 Å². The van der Waals surface area contributed by atoms with E-state index in [0.29, 0.717) is 29.1 Å². The minimum absolute atomic E-state index is 0.0122. The fourth-order valence-electron chi connectivity index (χ4n) is 4.22. The van der Waals surface area contributed by atoms with Gasteiger partial charge in [0, 0.05) is 18.1 Å². The highest BCUT2D eigenvalue weighted by molar-refractivity contribution is 7.92. The van der Waals surface area contributed by atoms with Crippen molar-refractivity contribution in [2.45, 2.75) is 51.6 Å². The number of rotatable bonds is 11. The first kappa shape index (κ1) is 30.1. The summed E-state index contributed by atoms with van der Waals surface area (Å²) in [6.07, 6.45) is 0.291. The third-order valence-electron chi connectivity index (χ3n) is 6.40. The molecule has 0 heterocycles. The van der Waals surface area contributed by atoms with Crippen LogP contribution in [0.5, 0.6) is 0 Å². The maximum atomic E-state index is 14.0. The molecule has 0 aromatic heterocycles. The number of sulfonamides is 1. The van der Waals surface area contributed by atoms with Gasteiger partial charge in [0.05, 0.1) is 10.6 Å². The van der Waals surface area contributed by atoms with Crippen molar-refractivity contribution in [2.24, 2.45) is 0 Å². The summed E-state index contributed by atoms with van der Waals surface area (Å²) in [6.45, 7) is 6.85. The number of hydrogen-bond donors (Lipinski definition) is 1. The number of carbonyl (C=O) groups excluding carboxylic acids is 2. The Morgan fingerprint density at radius 2 is 1.62 bits per heavy atom. The van der Waals surface area contributed by atoms with Gasteiger partial charge < -0.3 is 10.2 Å². The van der Waals surface area contributed by atoms with Gasteiger partial charge in [-0.3, -0.25) is 13.9 Å². The van der Waals surface area contributed by atoms with Crippen LogP contribution in [-0.2, 0) is 26.2 Å². The van der Waals surface area contributed by atoms with Crippen LogP contribution >= 0.6 is 11.6 Å². The van der Waals surface area contributed by atoms with E-state index in [1.807, 2.05) is 6.92 Å². The van der Waals surface area contributed by atoms with Crippen LogP contribution in [0.25, 0.3) is 0 Å². The highest BCUT2D eigenvalue weighted by Crippen LogP contribution is 2.31. The average Bonchev–Trinajstić information content (AvgIpc) is 2.90. The maximum Gasteiger partial charge on any atom is 0.264 e. The first-order valence-electron chi connectivity index (χ1n) is 12.7. The minimum Gasteiger partial charge on any atom is -0.355 e. The summed E-state index contributed by atoms with van der Waals surface area (Å²) in [7, 11) is -4.20. The molecule has 1 unspecified atom stereocenters. The fourth-order valence-corrected chi connectivity index (χ4v) is 5.86. The third-order valence-corrected chi connectivity index (χ3v) is 8.58. The SMILES string of the molecule is CCNC(=O)C(CC)N(Cc1ccc(F)cc1)C(=O)CN(c1cccc(Cl)c1C)S(=O)(=O)c1ccc(C)cc1. The van der Waals surface area contributed by atoms with E-state index in [1.54, 1.807) is 51.1 Å². The van der Waals surface area contributed by atoms with Gasteiger partial charge in [0.1, 0.15) is 18.4 Å². The van der Waals surface area contributed by atoms with Crippen LogP contribution in [0.4, 0.5) is 10.1 Å². The Kier molecular flexibility index (Phi) is 10.1. The van der Waals surface area contributed by atoms with Gasteiger partial charge in [0.2, 0.25) is 11.8 Å². The summed E-state index contributed by atoms with van der Waals surface area (Å²) in [5.41, 5.74) is 2.22. The molecule has 0 aliphatic carbocycles. The molecule has 10 heteroatoms. The Labute approximate surface area is 234 Å². The van der Waals surface area contributed by atoms with E-state index in [2.05, 4.69) is 5.32 Å². The molecule has 0 saturated carbocycles. The molecule has 0 aliphatic rings. The second-order valence-electron chi connectivity index (χ2n) is 9.18. The van der Waals surface area contributed by atoms with Gasteiger partial charge >= 0.3 is 0 Å². The van der Waals surface area contributed by atoms with E-state index in [-0.39, 0.29) is 23.0 Å². The molecule has 3 aromatic rings. The Balaban J connectivity index is 2.10. The smallest absolute Gasteiger partial charge is 0.264 e. The van der Waals surface area contributed by atoms with E-state index < -0.39 is 34.3 Å². The van der Waals surface area contributed by atoms with E-state index in [9.17, 15) is 22.4 Å². The topological polar surface area (TPSA) is 86.8 Å². The van der Waals surface area contributed by atoms with Crippen molar-refractivity contribution in [3.63, 3.8) is 0 Å². The van der Waals surface area contributed by atoms with Gasteiger partial charge in [-0.2, -0.15) is 0 Å². The molecule has 0 aliphatic heterocycles. The van der Waals surface area contributed by atoms with Crippen molar-refractivity contribution >= 4 is 39.1 Å². The van der Waals surface area contributed by atoms with Crippen LogP contribution in [0.3, 0.4) is 0 Å². The van der Waals surface area contributed by atoms with Gasteiger partial charge in [0.25, 0.3) is 10.0 Å². The molecule has 0 bridgehead atoms. The first-order valence-corrected chi connectivity index (χ1v) is 14.5. The highest BCUT2D eigenvalue weighted by Gasteiger charge is 2.34. The van der Waals surface area contributed by atoms with Crippen molar-refractivity contribution in [2.75, 3.05) is 17.4 Å². The van der Waals surface area contributed by atoms with E-state index in [0.717, 1.165) is 9.87 Å². The Hall–Kier alpha value is -3.43. The molecule has 1 atom stereocenters. The largest absolute Gasteiger partial charge is 0.355 e. The second-order valence-corrected chi connectivity index (χ2v) is 11.4. The molecular weight excluding hydrogens is 541 g/mol. The monoisotopic (exact) mass is 573 g/mol. The lowest BCUT2D eigenvalue weighted by Gasteiger charge is -2.33. The van der Waals surface area contributed by atoms with Gasteiger partial charge in [-0.15, -0.1) is 0 Å². The summed E-state index contributed by atoms with van der Waals surface area (Å²) in [6, 6.07) is 15.9. The van der Waals surface area contributed by atoms with E-state index in [4.69, 9.17) is 11.6 Å². The Morgan fingerprint density at radius 3 is 2.21 bits per heavy atom. The molecule has 2 amide bonds. The van der Waals surface area contributed by atoms with Crippen LogP contribution in [0.2, 0.25) is 5.02 Å². The number of hydrogen-bond acceptors (Lipinski definition) is 4. The first-order chi connectivity index (χ1) is 18.5. The van der Waals surface area contributed by atoms with Crippen molar-refractivity contribution in [1.82, 2.24) is 10.2 Å². The Morgan fingerprint density at radius 1 is 0.974 bits per heavy atom. The summed E-state index contributed by atoms with van der Waals surface area (Å²) in [5.74, 6) is -1.38. The lowest BCUT2D eigenvalue weighted by Crippen LogP contribution is -2.52. The lowest BCUT2D eigenvalue weighted by molar-refractivity contribution is -0.140. The summed E-state index contributed by atoms with van der Waals surface area (Å²) < 4.78 is 42.4. The molecule has 0 radical (unpaired) electrons.